The Morgan fingerprint density at radius 2 is 1.97 bits per heavy atom. The first kappa shape index (κ1) is 20.3. The van der Waals surface area contributed by atoms with Crippen LogP contribution in [0.4, 0.5) is 5.69 Å². The van der Waals surface area contributed by atoms with Crippen LogP contribution in [0, 0.1) is 11.3 Å². The Balaban J connectivity index is 1.63. The molecule has 1 aliphatic rings. The SMILES string of the molecule is CCS(=O)(=O)N1CCC(Nc2cc(-c3ccnc(C#N)c3)cc3ccncc23)CC1. The number of rotatable bonds is 5. The largest absolute Gasteiger partial charge is 0.382 e. The van der Waals surface area contributed by atoms with E-state index >= 15 is 0 Å². The summed E-state index contributed by atoms with van der Waals surface area (Å²) in [6, 6.07) is 12.0. The van der Waals surface area contributed by atoms with Crippen molar-refractivity contribution in [1.82, 2.24) is 14.3 Å². The number of aromatic nitrogens is 2. The lowest BCUT2D eigenvalue weighted by Gasteiger charge is -2.32. The molecule has 8 heteroatoms. The third-order valence-corrected chi connectivity index (χ3v) is 7.42. The van der Waals surface area contributed by atoms with Crippen molar-refractivity contribution in [3.8, 4) is 17.2 Å². The number of nitriles is 1. The molecule has 3 heterocycles. The van der Waals surface area contributed by atoms with Gasteiger partial charge in [-0.05, 0) is 66.6 Å². The predicted octanol–water partition coefficient (Wildman–Crippen LogP) is 3.39. The fourth-order valence-electron chi connectivity index (χ4n) is 3.84. The number of sulfonamides is 1. The van der Waals surface area contributed by atoms with Gasteiger partial charge in [0.25, 0.3) is 0 Å². The van der Waals surface area contributed by atoms with Crippen molar-refractivity contribution >= 4 is 26.5 Å². The molecule has 0 saturated carbocycles. The lowest BCUT2D eigenvalue weighted by Crippen LogP contribution is -2.42. The van der Waals surface area contributed by atoms with Crippen LogP contribution < -0.4 is 5.32 Å². The lowest BCUT2D eigenvalue weighted by atomic mass is 9.99. The second-order valence-electron chi connectivity index (χ2n) is 7.38. The van der Waals surface area contributed by atoms with Gasteiger partial charge in [0.2, 0.25) is 10.0 Å². The quantitative estimate of drug-likeness (QED) is 0.678. The van der Waals surface area contributed by atoms with Crippen molar-refractivity contribution < 1.29 is 8.42 Å². The molecule has 1 aliphatic heterocycles. The van der Waals surface area contributed by atoms with Crippen LogP contribution in [0.15, 0.2) is 48.9 Å². The van der Waals surface area contributed by atoms with Gasteiger partial charge in [-0.25, -0.2) is 17.7 Å². The van der Waals surface area contributed by atoms with Crippen molar-refractivity contribution in [1.29, 1.82) is 5.26 Å². The Bertz CT molecular complexity index is 1210. The van der Waals surface area contributed by atoms with Gasteiger partial charge < -0.3 is 5.32 Å². The molecular weight excluding hydrogens is 398 g/mol. The van der Waals surface area contributed by atoms with E-state index in [1.165, 1.54) is 0 Å². The Kier molecular flexibility index (Phi) is 5.66. The fourth-order valence-corrected chi connectivity index (χ4v) is 4.97. The maximum atomic E-state index is 12.1. The highest BCUT2D eigenvalue weighted by atomic mass is 32.2. The normalized spacial score (nSPS) is 15.7. The molecular formula is C22H23N5O2S. The molecule has 7 nitrogen and oxygen atoms in total. The minimum Gasteiger partial charge on any atom is -0.382 e. The number of piperidine rings is 1. The molecule has 0 spiro atoms. The molecule has 1 aromatic carbocycles. The Labute approximate surface area is 176 Å². The fraction of sp³-hybridized carbons (Fsp3) is 0.318. The zero-order valence-corrected chi connectivity index (χ0v) is 17.6. The minimum absolute atomic E-state index is 0.139. The molecule has 0 radical (unpaired) electrons. The van der Waals surface area contributed by atoms with Gasteiger partial charge in [-0.15, -0.1) is 0 Å². The highest BCUT2D eigenvalue weighted by Gasteiger charge is 2.26. The van der Waals surface area contributed by atoms with Crippen LogP contribution in [0.5, 0.6) is 0 Å². The number of nitrogens with zero attached hydrogens (tertiary/aromatic N) is 4. The van der Waals surface area contributed by atoms with Crippen LogP contribution >= 0.6 is 0 Å². The molecule has 30 heavy (non-hydrogen) atoms. The lowest BCUT2D eigenvalue weighted by molar-refractivity contribution is 0.330. The molecule has 0 atom stereocenters. The first-order valence-electron chi connectivity index (χ1n) is 9.99. The van der Waals surface area contributed by atoms with Crippen molar-refractivity contribution in [3.05, 3.63) is 54.6 Å². The third kappa shape index (κ3) is 4.13. The summed E-state index contributed by atoms with van der Waals surface area (Å²) >= 11 is 0. The van der Waals surface area contributed by atoms with E-state index in [9.17, 15) is 8.42 Å². The number of nitrogens with one attached hydrogen (secondary N) is 1. The average Bonchev–Trinajstić information content (AvgIpc) is 2.79. The smallest absolute Gasteiger partial charge is 0.213 e. The molecule has 0 bridgehead atoms. The van der Waals surface area contributed by atoms with E-state index in [4.69, 9.17) is 5.26 Å². The molecule has 0 amide bonds. The van der Waals surface area contributed by atoms with Gasteiger partial charge in [-0.1, -0.05) is 0 Å². The number of hydrogen-bond acceptors (Lipinski definition) is 6. The van der Waals surface area contributed by atoms with Gasteiger partial charge in [0.05, 0.1) is 5.75 Å². The van der Waals surface area contributed by atoms with Crippen molar-refractivity contribution in [2.24, 2.45) is 0 Å². The number of benzene rings is 1. The number of pyridine rings is 2. The molecule has 0 unspecified atom stereocenters. The topological polar surface area (TPSA) is 99.0 Å². The third-order valence-electron chi connectivity index (χ3n) is 5.54. The van der Waals surface area contributed by atoms with E-state index in [1.807, 2.05) is 18.3 Å². The van der Waals surface area contributed by atoms with Gasteiger partial charge in [-0.3, -0.25) is 4.98 Å². The summed E-state index contributed by atoms with van der Waals surface area (Å²) in [6.45, 7) is 2.74. The maximum Gasteiger partial charge on any atom is 0.213 e. The molecule has 1 N–H and O–H groups in total. The van der Waals surface area contributed by atoms with Crippen LogP contribution in [0.3, 0.4) is 0 Å². The van der Waals surface area contributed by atoms with E-state index in [1.54, 1.807) is 29.7 Å². The first-order chi connectivity index (χ1) is 14.5. The van der Waals surface area contributed by atoms with Crippen LogP contribution in [0.1, 0.15) is 25.5 Å². The van der Waals surface area contributed by atoms with Crippen molar-refractivity contribution in [2.75, 3.05) is 24.2 Å². The molecule has 0 aliphatic carbocycles. The number of hydrogen-bond donors (Lipinski definition) is 1. The molecule has 3 aromatic rings. The molecule has 154 valence electrons. The van der Waals surface area contributed by atoms with Gasteiger partial charge in [0.15, 0.2) is 0 Å². The van der Waals surface area contributed by atoms with E-state index in [0.717, 1.165) is 40.4 Å². The monoisotopic (exact) mass is 421 g/mol. The second kappa shape index (κ2) is 8.38. The van der Waals surface area contributed by atoms with E-state index in [-0.39, 0.29) is 11.8 Å². The number of fused-ring (bicyclic) bond motifs is 1. The first-order valence-corrected chi connectivity index (χ1v) is 11.6. The summed E-state index contributed by atoms with van der Waals surface area (Å²) in [4.78, 5) is 8.33. The van der Waals surface area contributed by atoms with E-state index in [2.05, 4.69) is 33.5 Å². The maximum absolute atomic E-state index is 12.1. The summed E-state index contributed by atoms with van der Waals surface area (Å²) in [7, 11) is -3.14. The summed E-state index contributed by atoms with van der Waals surface area (Å²) in [5.41, 5.74) is 3.25. The van der Waals surface area contributed by atoms with Gasteiger partial charge in [0.1, 0.15) is 11.8 Å². The summed E-state index contributed by atoms with van der Waals surface area (Å²) in [6.07, 6.45) is 6.74. The van der Waals surface area contributed by atoms with Crippen LogP contribution in [0.2, 0.25) is 0 Å². The van der Waals surface area contributed by atoms with Crippen LogP contribution in [0.25, 0.3) is 21.9 Å². The van der Waals surface area contributed by atoms with Crippen LogP contribution in [-0.4, -0.2) is 47.6 Å². The van der Waals surface area contributed by atoms with E-state index < -0.39 is 10.0 Å². The molecule has 4 rings (SSSR count). The molecule has 1 saturated heterocycles. The van der Waals surface area contributed by atoms with Gasteiger partial charge >= 0.3 is 0 Å². The zero-order valence-electron chi connectivity index (χ0n) is 16.7. The van der Waals surface area contributed by atoms with Gasteiger partial charge in [-0.2, -0.15) is 5.26 Å². The number of anilines is 1. The summed E-state index contributed by atoms with van der Waals surface area (Å²) < 4.78 is 25.8. The predicted molar refractivity (Wildman–Crippen MR) is 117 cm³/mol. The minimum atomic E-state index is -3.14. The molecule has 1 fully saturated rings. The average molecular weight is 422 g/mol. The molecule has 2 aromatic heterocycles. The van der Waals surface area contributed by atoms with Crippen molar-refractivity contribution in [2.45, 2.75) is 25.8 Å². The Morgan fingerprint density at radius 3 is 2.70 bits per heavy atom. The highest BCUT2D eigenvalue weighted by Crippen LogP contribution is 2.32. The van der Waals surface area contributed by atoms with Crippen molar-refractivity contribution in [3.63, 3.8) is 0 Å². The zero-order chi connectivity index (χ0) is 21.1. The van der Waals surface area contributed by atoms with E-state index in [0.29, 0.717) is 18.8 Å². The summed E-state index contributed by atoms with van der Waals surface area (Å²) in [5, 5.41) is 14.8. The Morgan fingerprint density at radius 1 is 1.17 bits per heavy atom. The summed E-state index contributed by atoms with van der Waals surface area (Å²) in [5.74, 6) is 0.139. The van der Waals surface area contributed by atoms with Gasteiger partial charge in [0, 0.05) is 48.8 Å². The van der Waals surface area contributed by atoms with Crippen LogP contribution in [-0.2, 0) is 10.0 Å². The highest BCUT2D eigenvalue weighted by molar-refractivity contribution is 7.89. The standard InChI is InChI=1S/C22H23N5O2S/c1-2-30(28,29)27-9-5-19(6-10-27)26-22-13-18(11-17-3-7-24-15-21(17)22)16-4-8-25-20(12-16)14-23/h3-4,7-8,11-13,15,19,26H,2,5-6,9-10H2,1H3. The second-order valence-corrected chi connectivity index (χ2v) is 9.64. The Hall–Kier alpha value is -3.02.